The molecule has 33 heavy (non-hydrogen) atoms. The van der Waals surface area contributed by atoms with Crippen molar-refractivity contribution in [1.82, 2.24) is 4.90 Å². The first-order valence-electron chi connectivity index (χ1n) is 10.7. The van der Waals surface area contributed by atoms with Crippen LogP contribution in [0, 0.1) is 0 Å². The maximum Gasteiger partial charge on any atom is 0.266 e. The normalized spacial score (nSPS) is 19.2. The summed E-state index contributed by atoms with van der Waals surface area (Å²) < 4.78 is 16.7. The summed E-state index contributed by atoms with van der Waals surface area (Å²) in [6, 6.07) is 19.2. The number of aliphatic imine (C=N–C) groups is 1. The highest BCUT2D eigenvalue weighted by Crippen LogP contribution is 2.43. The molecule has 7 heteroatoms. The van der Waals surface area contributed by atoms with E-state index in [9.17, 15) is 4.79 Å². The highest BCUT2D eigenvalue weighted by molar-refractivity contribution is 6.09. The first-order chi connectivity index (χ1) is 16.0. The number of nitrogens with zero attached hydrogens (tertiary/aromatic N) is 2. The van der Waals surface area contributed by atoms with Crippen molar-refractivity contribution in [3.05, 3.63) is 77.4 Å². The Kier molecular flexibility index (Phi) is 4.96. The predicted molar refractivity (Wildman–Crippen MR) is 126 cm³/mol. The van der Waals surface area contributed by atoms with E-state index in [1.165, 1.54) is 4.90 Å². The quantitative estimate of drug-likeness (QED) is 0.654. The van der Waals surface area contributed by atoms with Crippen molar-refractivity contribution in [3.63, 3.8) is 0 Å². The van der Waals surface area contributed by atoms with Crippen molar-refractivity contribution in [1.29, 1.82) is 0 Å². The first kappa shape index (κ1) is 20.9. The highest BCUT2D eigenvalue weighted by Gasteiger charge is 2.50. The van der Waals surface area contributed by atoms with Crippen molar-refractivity contribution >= 4 is 11.9 Å². The third-order valence-electron chi connectivity index (χ3n) is 6.35. The molecule has 2 N–H and O–H groups in total. The summed E-state index contributed by atoms with van der Waals surface area (Å²) in [5.74, 6) is 2.24. The second kappa shape index (κ2) is 7.85. The van der Waals surface area contributed by atoms with Crippen molar-refractivity contribution in [3.8, 4) is 28.4 Å². The molecule has 0 saturated heterocycles. The number of amides is 1. The summed E-state index contributed by atoms with van der Waals surface area (Å²) in [7, 11) is 4.90. The number of hydrogen-bond donors (Lipinski definition) is 1. The van der Waals surface area contributed by atoms with Crippen LogP contribution in [0.4, 0.5) is 0 Å². The minimum atomic E-state index is -1.28. The minimum Gasteiger partial charge on any atom is -0.497 e. The fraction of sp³-hybridized carbons (Fsp3) is 0.231. The van der Waals surface area contributed by atoms with E-state index in [0.717, 1.165) is 40.0 Å². The first-order valence-corrected chi connectivity index (χ1v) is 10.7. The van der Waals surface area contributed by atoms with Gasteiger partial charge in [-0.25, -0.2) is 4.99 Å². The molecule has 2 aliphatic heterocycles. The number of hydrogen-bond acceptors (Lipinski definition) is 6. The standard InChI is InChI=1S/C26H25N3O4/c1-29-24(30)26(28-25(29)27,19-7-9-22-17(14-19)11-12-33-22)18-6-4-5-16(13-18)21-15-20(31-2)8-10-23(21)32-3/h4-10,13-15H,11-12H2,1-3H3,(H2,27,28). The topological polar surface area (TPSA) is 86.4 Å². The highest BCUT2D eigenvalue weighted by atomic mass is 16.5. The number of likely N-dealkylation sites (N-methyl/N-ethyl adjacent to an activating group) is 1. The largest absolute Gasteiger partial charge is 0.497 e. The molecule has 7 nitrogen and oxygen atoms in total. The van der Waals surface area contributed by atoms with E-state index in [2.05, 4.69) is 0 Å². The van der Waals surface area contributed by atoms with Crippen LogP contribution in [0.5, 0.6) is 17.2 Å². The van der Waals surface area contributed by atoms with E-state index in [1.807, 2.05) is 60.7 Å². The molecule has 0 saturated carbocycles. The van der Waals surface area contributed by atoms with Crippen molar-refractivity contribution in [2.75, 3.05) is 27.9 Å². The van der Waals surface area contributed by atoms with Gasteiger partial charge in [-0.15, -0.1) is 0 Å². The second-order valence-electron chi connectivity index (χ2n) is 8.11. The molecule has 5 rings (SSSR count). The lowest BCUT2D eigenvalue weighted by atomic mass is 9.81. The van der Waals surface area contributed by atoms with Gasteiger partial charge in [0, 0.05) is 19.0 Å². The van der Waals surface area contributed by atoms with Gasteiger partial charge in [0.1, 0.15) is 17.2 Å². The van der Waals surface area contributed by atoms with E-state index in [-0.39, 0.29) is 11.9 Å². The van der Waals surface area contributed by atoms with Gasteiger partial charge in [0.15, 0.2) is 11.5 Å². The van der Waals surface area contributed by atoms with Crippen molar-refractivity contribution in [2.45, 2.75) is 12.0 Å². The Hall–Kier alpha value is -4.00. The van der Waals surface area contributed by atoms with Gasteiger partial charge in [0.25, 0.3) is 5.91 Å². The number of carbonyl (C=O) groups excluding carboxylic acids is 1. The van der Waals surface area contributed by atoms with Crippen LogP contribution >= 0.6 is 0 Å². The molecule has 3 aromatic carbocycles. The number of rotatable bonds is 5. The average molecular weight is 444 g/mol. The molecule has 0 aliphatic carbocycles. The Labute approximate surface area is 192 Å². The summed E-state index contributed by atoms with van der Waals surface area (Å²) in [5.41, 5.74) is 9.16. The Bertz CT molecular complexity index is 1290. The molecule has 0 aromatic heterocycles. The summed E-state index contributed by atoms with van der Waals surface area (Å²) in [6.45, 7) is 0.635. The van der Waals surface area contributed by atoms with Crippen LogP contribution in [-0.4, -0.2) is 44.6 Å². The fourth-order valence-electron chi connectivity index (χ4n) is 4.55. The van der Waals surface area contributed by atoms with E-state index in [4.69, 9.17) is 24.9 Å². The number of carbonyl (C=O) groups is 1. The number of guanidine groups is 1. The van der Waals surface area contributed by atoms with Gasteiger partial charge in [-0.2, -0.15) is 0 Å². The van der Waals surface area contributed by atoms with Crippen LogP contribution in [0.3, 0.4) is 0 Å². The molecule has 0 bridgehead atoms. The van der Waals surface area contributed by atoms with Crippen LogP contribution in [0.1, 0.15) is 16.7 Å². The van der Waals surface area contributed by atoms with Gasteiger partial charge >= 0.3 is 0 Å². The number of methoxy groups -OCH3 is 2. The molecule has 2 heterocycles. The van der Waals surface area contributed by atoms with E-state index >= 15 is 0 Å². The van der Waals surface area contributed by atoms with Crippen LogP contribution in [-0.2, 0) is 16.8 Å². The van der Waals surface area contributed by atoms with Gasteiger partial charge < -0.3 is 19.9 Å². The summed E-state index contributed by atoms with van der Waals surface area (Å²) in [6.07, 6.45) is 0.795. The van der Waals surface area contributed by atoms with Crippen LogP contribution in [0.2, 0.25) is 0 Å². The number of benzene rings is 3. The molecule has 1 unspecified atom stereocenters. The Morgan fingerprint density at radius 1 is 1.03 bits per heavy atom. The minimum absolute atomic E-state index is 0.182. The van der Waals surface area contributed by atoms with Crippen LogP contribution in [0.25, 0.3) is 11.1 Å². The molecule has 0 fully saturated rings. The summed E-state index contributed by atoms with van der Waals surface area (Å²) in [4.78, 5) is 19.8. The SMILES string of the molecule is COc1ccc(OC)c(-c2cccc(C3(c4ccc5c(c4)CCO5)N=C(N)N(C)C3=O)c2)c1. The zero-order chi connectivity index (χ0) is 23.2. The molecule has 0 radical (unpaired) electrons. The second-order valence-corrected chi connectivity index (χ2v) is 8.11. The van der Waals surface area contributed by atoms with Crippen molar-refractivity contribution < 1.29 is 19.0 Å². The average Bonchev–Trinajstić information content (AvgIpc) is 3.42. The van der Waals surface area contributed by atoms with Gasteiger partial charge in [-0.1, -0.05) is 24.3 Å². The number of fused-ring (bicyclic) bond motifs is 1. The molecule has 1 atom stereocenters. The van der Waals surface area contributed by atoms with Gasteiger partial charge in [-0.3, -0.25) is 9.69 Å². The lowest BCUT2D eigenvalue weighted by molar-refractivity contribution is -0.129. The maximum atomic E-state index is 13.7. The van der Waals surface area contributed by atoms with Crippen molar-refractivity contribution in [2.24, 2.45) is 10.7 Å². The lowest BCUT2D eigenvalue weighted by Crippen LogP contribution is -2.41. The third-order valence-corrected chi connectivity index (χ3v) is 6.35. The molecular formula is C26H25N3O4. The van der Waals surface area contributed by atoms with E-state index in [0.29, 0.717) is 18.1 Å². The smallest absolute Gasteiger partial charge is 0.266 e. The Balaban J connectivity index is 1.71. The fourth-order valence-corrected chi connectivity index (χ4v) is 4.55. The van der Waals surface area contributed by atoms with E-state index < -0.39 is 5.54 Å². The number of ether oxygens (including phenoxy) is 3. The zero-order valence-corrected chi connectivity index (χ0v) is 18.8. The zero-order valence-electron chi connectivity index (χ0n) is 18.8. The Morgan fingerprint density at radius 3 is 2.58 bits per heavy atom. The maximum absolute atomic E-state index is 13.7. The molecule has 3 aromatic rings. The molecule has 2 aliphatic rings. The third kappa shape index (κ3) is 3.19. The molecule has 1 amide bonds. The van der Waals surface area contributed by atoms with Crippen LogP contribution in [0.15, 0.2) is 65.7 Å². The number of nitrogens with two attached hydrogens (primary N) is 1. The summed E-state index contributed by atoms with van der Waals surface area (Å²) in [5, 5.41) is 0. The predicted octanol–water partition coefficient (Wildman–Crippen LogP) is 3.34. The van der Waals surface area contributed by atoms with Crippen LogP contribution < -0.4 is 19.9 Å². The lowest BCUT2D eigenvalue weighted by Gasteiger charge is -2.27. The molecular weight excluding hydrogens is 418 g/mol. The molecule has 168 valence electrons. The summed E-state index contributed by atoms with van der Waals surface area (Å²) >= 11 is 0. The Morgan fingerprint density at radius 2 is 1.85 bits per heavy atom. The van der Waals surface area contributed by atoms with Gasteiger partial charge in [-0.05, 0) is 58.7 Å². The molecule has 0 spiro atoms. The van der Waals surface area contributed by atoms with Gasteiger partial charge in [0.05, 0.1) is 20.8 Å². The van der Waals surface area contributed by atoms with E-state index in [1.54, 1.807) is 21.3 Å². The van der Waals surface area contributed by atoms with Gasteiger partial charge in [0.2, 0.25) is 0 Å². The monoisotopic (exact) mass is 443 g/mol.